The van der Waals surface area contributed by atoms with Crippen LogP contribution in [0.4, 0.5) is 0 Å². The third kappa shape index (κ3) is 3.22. The van der Waals surface area contributed by atoms with Crippen LogP contribution >= 0.6 is 0 Å². The van der Waals surface area contributed by atoms with Crippen molar-refractivity contribution in [3.05, 3.63) is 66.9 Å². The number of hydrogen-bond acceptors (Lipinski definition) is 2. The Morgan fingerprint density at radius 3 is 2.80 bits per heavy atom. The van der Waals surface area contributed by atoms with Crippen molar-refractivity contribution in [3.63, 3.8) is 0 Å². The lowest BCUT2D eigenvalue weighted by atomic mass is 10.1. The number of benzene rings is 2. The van der Waals surface area contributed by atoms with Gasteiger partial charge in [0.2, 0.25) is 0 Å². The Balaban J connectivity index is 1.66. The van der Waals surface area contributed by atoms with E-state index in [4.69, 9.17) is 9.84 Å². The second kappa shape index (κ2) is 6.98. The number of unbranched alkanes of at least 4 members (excludes halogenated alkanes) is 2. The number of ether oxygens (including phenoxy) is 1. The molecular weight excluding hydrogens is 308 g/mol. The molecule has 2 aromatic carbocycles. The highest BCUT2D eigenvalue weighted by Gasteiger charge is 2.08. The van der Waals surface area contributed by atoms with Crippen LogP contribution in [-0.2, 0) is 0 Å². The number of fused-ring (bicyclic) bond motifs is 3. The van der Waals surface area contributed by atoms with Gasteiger partial charge in [-0.25, -0.2) is 4.52 Å². The maximum atomic E-state index is 5.88. The summed E-state index contributed by atoms with van der Waals surface area (Å²) >= 11 is 0. The average molecular weight is 330 g/mol. The van der Waals surface area contributed by atoms with Gasteiger partial charge in [0.05, 0.1) is 17.8 Å². The molecule has 0 aliphatic carbocycles. The zero-order chi connectivity index (χ0) is 17.1. The summed E-state index contributed by atoms with van der Waals surface area (Å²) in [6.07, 6.45) is 5.53. The van der Waals surface area contributed by atoms with Crippen molar-refractivity contribution in [1.82, 2.24) is 9.61 Å². The Bertz CT molecular complexity index is 1000. The third-order valence-electron chi connectivity index (χ3n) is 4.51. The van der Waals surface area contributed by atoms with E-state index in [2.05, 4.69) is 55.5 Å². The van der Waals surface area contributed by atoms with E-state index in [1.54, 1.807) is 0 Å². The molecule has 0 saturated heterocycles. The van der Waals surface area contributed by atoms with Crippen LogP contribution in [0, 0.1) is 0 Å². The minimum absolute atomic E-state index is 0.771. The van der Waals surface area contributed by atoms with E-state index in [0.717, 1.165) is 35.6 Å². The number of aromatic nitrogens is 2. The van der Waals surface area contributed by atoms with E-state index >= 15 is 0 Å². The van der Waals surface area contributed by atoms with Gasteiger partial charge < -0.3 is 4.74 Å². The second-order valence-electron chi connectivity index (χ2n) is 6.35. The minimum Gasteiger partial charge on any atom is -0.494 e. The van der Waals surface area contributed by atoms with Crippen LogP contribution in [0.2, 0.25) is 0 Å². The maximum absolute atomic E-state index is 5.88. The minimum atomic E-state index is 0.771. The molecule has 0 N–H and O–H groups in total. The van der Waals surface area contributed by atoms with Crippen molar-refractivity contribution in [1.29, 1.82) is 0 Å². The molecule has 0 amide bonds. The van der Waals surface area contributed by atoms with Crippen molar-refractivity contribution in [2.45, 2.75) is 26.2 Å². The topological polar surface area (TPSA) is 26.5 Å². The highest BCUT2D eigenvalue weighted by Crippen LogP contribution is 2.27. The van der Waals surface area contributed by atoms with Gasteiger partial charge in [-0.15, -0.1) is 0 Å². The molecule has 2 heterocycles. The molecular formula is C22H22N2O. The summed E-state index contributed by atoms with van der Waals surface area (Å²) < 4.78 is 7.83. The predicted molar refractivity (Wildman–Crippen MR) is 103 cm³/mol. The first-order valence-electron chi connectivity index (χ1n) is 8.95. The van der Waals surface area contributed by atoms with E-state index in [1.165, 1.54) is 23.6 Å². The summed E-state index contributed by atoms with van der Waals surface area (Å²) in [5.74, 6) is 0.913. The molecule has 4 rings (SSSR count). The first-order valence-corrected chi connectivity index (χ1v) is 8.95. The molecule has 0 unspecified atom stereocenters. The Hall–Kier alpha value is -2.81. The van der Waals surface area contributed by atoms with Gasteiger partial charge in [0.1, 0.15) is 5.75 Å². The highest BCUT2D eigenvalue weighted by atomic mass is 16.5. The van der Waals surface area contributed by atoms with E-state index < -0.39 is 0 Å². The molecule has 4 aromatic rings. The standard InChI is InChI=1S/C22H22N2O/c1-2-3-6-14-25-19-10-7-9-18(15-19)21-16-22-20-11-5-4-8-17(20)12-13-24(22)23-21/h4-5,7-13,15-16H,2-3,6,14H2,1H3. The molecule has 0 atom stereocenters. The van der Waals surface area contributed by atoms with Crippen molar-refractivity contribution >= 4 is 16.3 Å². The fourth-order valence-corrected chi connectivity index (χ4v) is 3.16. The van der Waals surface area contributed by atoms with Crippen LogP contribution in [0.1, 0.15) is 26.2 Å². The van der Waals surface area contributed by atoms with Crippen LogP contribution in [0.3, 0.4) is 0 Å². The molecule has 0 radical (unpaired) electrons. The van der Waals surface area contributed by atoms with Crippen LogP contribution in [-0.4, -0.2) is 16.2 Å². The summed E-state index contributed by atoms with van der Waals surface area (Å²) in [5, 5.41) is 7.19. The zero-order valence-electron chi connectivity index (χ0n) is 14.5. The van der Waals surface area contributed by atoms with Crippen molar-refractivity contribution in [2.24, 2.45) is 0 Å². The van der Waals surface area contributed by atoms with E-state index in [-0.39, 0.29) is 0 Å². The van der Waals surface area contributed by atoms with Gasteiger partial charge in [0, 0.05) is 17.1 Å². The normalized spacial score (nSPS) is 11.2. The van der Waals surface area contributed by atoms with Gasteiger partial charge in [-0.05, 0) is 36.1 Å². The van der Waals surface area contributed by atoms with Crippen LogP contribution in [0.15, 0.2) is 66.9 Å². The molecule has 25 heavy (non-hydrogen) atoms. The molecule has 0 bridgehead atoms. The van der Waals surface area contributed by atoms with Crippen LogP contribution in [0.5, 0.6) is 5.75 Å². The van der Waals surface area contributed by atoms with Gasteiger partial charge in [-0.2, -0.15) is 5.10 Å². The molecule has 3 heteroatoms. The van der Waals surface area contributed by atoms with Crippen molar-refractivity contribution < 1.29 is 4.74 Å². The molecule has 0 aliphatic heterocycles. The molecule has 0 aliphatic rings. The zero-order valence-corrected chi connectivity index (χ0v) is 14.5. The lowest BCUT2D eigenvalue weighted by Gasteiger charge is -2.06. The SMILES string of the molecule is CCCCCOc1cccc(-c2cc3c4ccccc4ccn3n2)c1. The highest BCUT2D eigenvalue weighted by molar-refractivity contribution is 5.96. The number of rotatable bonds is 6. The van der Waals surface area contributed by atoms with Gasteiger partial charge in [0.15, 0.2) is 0 Å². The Morgan fingerprint density at radius 1 is 0.960 bits per heavy atom. The molecule has 126 valence electrons. The molecule has 0 spiro atoms. The quantitative estimate of drug-likeness (QED) is 0.422. The van der Waals surface area contributed by atoms with E-state index in [1.807, 2.05) is 22.8 Å². The largest absolute Gasteiger partial charge is 0.494 e. The summed E-state index contributed by atoms with van der Waals surface area (Å²) in [6, 6.07) is 20.9. The van der Waals surface area contributed by atoms with Crippen LogP contribution in [0.25, 0.3) is 27.5 Å². The Morgan fingerprint density at radius 2 is 1.88 bits per heavy atom. The third-order valence-corrected chi connectivity index (χ3v) is 4.51. The molecule has 2 aromatic heterocycles. The van der Waals surface area contributed by atoms with Gasteiger partial charge in [0.25, 0.3) is 0 Å². The average Bonchev–Trinajstić information content (AvgIpc) is 3.10. The Labute approximate surface area is 147 Å². The maximum Gasteiger partial charge on any atom is 0.119 e. The number of nitrogens with zero attached hydrogens (tertiary/aromatic N) is 2. The Kier molecular flexibility index (Phi) is 4.38. The van der Waals surface area contributed by atoms with E-state index in [0.29, 0.717) is 0 Å². The van der Waals surface area contributed by atoms with Crippen molar-refractivity contribution in [3.8, 4) is 17.0 Å². The lowest BCUT2D eigenvalue weighted by molar-refractivity contribution is 0.306. The fourth-order valence-electron chi connectivity index (χ4n) is 3.16. The molecule has 0 saturated carbocycles. The first kappa shape index (κ1) is 15.7. The van der Waals surface area contributed by atoms with Gasteiger partial charge in [-0.1, -0.05) is 56.2 Å². The monoisotopic (exact) mass is 330 g/mol. The fraction of sp³-hybridized carbons (Fsp3) is 0.227. The predicted octanol–water partition coefficient (Wildman–Crippen LogP) is 5.72. The van der Waals surface area contributed by atoms with Crippen LogP contribution < -0.4 is 4.74 Å². The summed E-state index contributed by atoms with van der Waals surface area (Å²) in [7, 11) is 0. The second-order valence-corrected chi connectivity index (χ2v) is 6.35. The number of pyridine rings is 1. The van der Waals surface area contributed by atoms with Gasteiger partial charge in [-0.3, -0.25) is 0 Å². The summed E-state index contributed by atoms with van der Waals surface area (Å²) in [5.41, 5.74) is 3.18. The first-order chi connectivity index (χ1) is 12.3. The smallest absolute Gasteiger partial charge is 0.119 e. The van der Waals surface area contributed by atoms with Crippen molar-refractivity contribution in [2.75, 3.05) is 6.61 Å². The molecule has 0 fully saturated rings. The molecule has 3 nitrogen and oxygen atoms in total. The lowest BCUT2D eigenvalue weighted by Crippen LogP contribution is -1.97. The van der Waals surface area contributed by atoms with E-state index in [9.17, 15) is 0 Å². The number of hydrogen-bond donors (Lipinski definition) is 0. The summed E-state index contributed by atoms with van der Waals surface area (Å²) in [6.45, 7) is 2.97. The van der Waals surface area contributed by atoms with Gasteiger partial charge >= 0.3 is 0 Å². The summed E-state index contributed by atoms with van der Waals surface area (Å²) in [4.78, 5) is 0.